The number of amides is 1. The molecule has 1 amide bonds. The molecular formula is C62H110N2O7P+. The van der Waals surface area contributed by atoms with E-state index in [1.165, 1.54) is 64.2 Å². The van der Waals surface area contributed by atoms with Gasteiger partial charge in [-0.1, -0.05) is 215 Å². The van der Waals surface area contributed by atoms with Crippen LogP contribution in [0.2, 0.25) is 0 Å². The van der Waals surface area contributed by atoms with Crippen molar-refractivity contribution in [2.45, 2.75) is 245 Å². The van der Waals surface area contributed by atoms with E-state index in [9.17, 15) is 19.0 Å². The van der Waals surface area contributed by atoms with Crippen LogP contribution in [0.1, 0.15) is 233 Å². The number of likely N-dealkylation sites (N-methyl/N-ethyl adjacent to an activating group) is 1. The lowest BCUT2D eigenvalue weighted by Crippen LogP contribution is -2.47. The summed E-state index contributed by atoms with van der Waals surface area (Å²) in [6, 6.07) is -0.869. The first-order valence-electron chi connectivity index (χ1n) is 29.1. The molecule has 3 unspecified atom stereocenters. The Bertz CT molecular complexity index is 1560. The fourth-order valence-corrected chi connectivity index (χ4v) is 8.48. The highest BCUT2D eigenvalue weighted by atomic mass is 31.2. The maximum Gasteiger partial charge on any atom is 0.472 e. The number of unbranched alkanes of at least 4 members (excludes halogenated alkanes) is 21. The minimum Gasteiger partial charge on any atom is -0.456 e. The first kappa shape index (κ1) is 68.9. The summed E-state index contributed by atoms with van der Waals surface area (Å²) in [7, 11) is 1.46. The Morgan fingerprint density at radius 3 is 1.39 bits per heavy atom. The van der Waals surface area contributed by atoms with Crippen molar-refractivity contribution in [1.29, 1.82) is 0 Å². The van der Waals surface area contributed by atoms with Crippen LogP contribution in [-0.2, 0) is 27.9 Å². The van der Waals surface area contributed by atoms with Crippen molar-refractivity contribution in [2.24, 2.45) is 0 Å². The molecular weight excluding hydrogens is 916 g/mol. The fourth-order valence-electron chi connectivity index (χ4n) is 7.75. The number of allylic oxidation sites excluding steroid dienone is 15. The summed E-state index contributed by atoms with van der Waals surface area (Å²) in [4.78, 5) is 37.5. The SMILES string of the molecule is CC/C=C\C/C=C\C/C=C\C/C=C\C/C=C\C/C=C\CCCCCCC(=O)NC(COP(=O)(O)OCC[N+](C)(C)C)C(/C=C\CCCCCCCCCCCC)OC(=O)CCCCCCC/C=C\CCCC. The highest BCUT2D eigenvalue weighted by Gasteiger charge is 2.30. The monoisotopic (exact) mass is 1030 g/mol. The van der Waals surface area contributed by atoms with Crippen molar-refractivity contribution >= 4 is 19.7 Å². The van der Waals surface area contributed by atoms with Crippen molar-refractivity contribution in [3.63, 3.8) is 0 Å². The summed E-state index contributed by atoms with van der Waals surface area (Å²) in [5, 5.41) is 3.03. The zero-order valence-electron chi connectivity index (χ0n) is 47.1. The molecule has 0 fully saturated rings. The summed E-state index contributed by atoms with van der Waals surface area (Å²) < 4.78 is 30.6. The molecule has 0 saturated heterocycles. The van der Waals surface area contributed by atoms with Crippen molar-refractivity contribution in [2.75, 3.05) is 40.9 Å². The highest BCUT2D eigenvalue weighted by molar-refractivity contribution is 7.47. The third kappa shape index (κ3) is 51.8. The highest BCUT2D eigenvalue weighted by Crippen LogP contribution is 2.43. The molecule has 0 aliphatic rings. The van der Waals surface area contributed by atoms with E-state index in [1.807, 2.05) is 33.3 Å². The van der Waals surface area contributed by atoms with Crippen LogP contribution >= 0.6 is 7.82 Å². The van der Waals surface area contributed by atoms with Gasteiger partial charge in [0, 0.05) is 12.8 Å². The Morgan fingerprint density at radius 1 is 0.500 bits per heavy atom. The van der Waals surface area contributed by atoms with Crippen LogP contribution in [0.5, 0.6) is 0 Å². The number of carbonyl (C=O) groups is 2. The van der Waals surface area contributed by atoms with Gasteiger partial charge >= 0.3 is 13.8 Å². The van der Waals surface area contributed by atoms with E-state index in [0.717, 1.165) is 128 Å². The van der Waals surface area contributed by atoms with E-state index in [2.05, 4.69) is 111 Å². The van der Waals surface area contributed by atoms with Crippen LogP contribution in [0, 0.1) is 0 Å². The average molecular weight is 1030 g/mol. The third-order valence-corrected chi connectivity index (χ3v) is 13.2. The van der Waals surface area contributed by atoms with E-state index in [-0.39, 0.29) is 31.5 Å². The molecule has 0 rings (SSSR count). The molecule has 0 aliphatic carbocycles. The van der Waals surface area contributed by atoms with Crippen LogP contribution in [0.15, 0.2) is 97.2 Å². The molecule has 9 nitrogen and oxygen atoms in total. The number of nitrogens with zero attached hydrogens (tertiary/aromatic N) is 1. The number of nitrogens with one attached hydrogen (secondary N) is 1. The smallest absolute Gasteiger partial charge is 0.456 e. The number of hydrogen-bond acceptors (Lipinski definition) is 6. The first-order valence-corrected chi connectivity index (χ1v) is 30.6. The maximum atomic E-state index is 13.5. The lowest BCUT2D eigenvalue weighted by Gasteiger charge is -2.27. The average Bonchev–Trinajstić information content (AvgIpc) is 3.34. The Labute approximate surface area is 443 Å². The Kier molecular flexibility index (Phi) is 49.2. The van der Waals surface area contributed by atoms with E-state index < -0.39 is 20.0 Å². The zero-order chi connectivity index (χ0) is 52.9. The molecule has 0 radical (unpaired) electrons. The Hall–Kier alpha value is -3.07. The molecule has 0 aromatic carbocycles. The van der Waals surface area contributed by atoms with Gasteiger partial charge in [0.25, 0.3) is 0 Å². The molecule has 414 valence electrons. The molecule has 0 spiro atoms. The molecule has 0 bridgehead atoms. The molecule has 10 heteroatoms. The molecule has 72 heavy (non-hydrogen) atoms. The summed E-state index contributed by atoms with van der Waals surface area (Å²) >= 11 is 0. The lowest BCUT2D eigenvalue weighted by molar-refractivity contribution is -0.870. The van der Waals surface area contributed by atoms with Crippen molar-refractivity contribution in [1.82, 2.24) is 5.32 Å². The van der Waals surface area contributed by atoms with Gasteiger partial charge in [0.1, 0.15) is 19.3 Å². The number of ether oxygens (including phenoxy) is 1. The summed E-state index contributed by atoms with van der Waals surface area (Å²) in [5.41, 5.74) is 0. The molecule has 2 N–H and O–H groups in total. The molecule has 0 aromatic heterocycles. The Balaban J connectivity index is 5.30. The van der Waals surface area contributed by atoms with Gasteiger partial charge in [0.15, 0.2) is 0 Å². The normalized spacial score (nSPS) is 14.5. The van der Waals surface area contributed by atoms with Gasteiger partial charge in [0.05, 0.1) is 33.8 Å². The minimum absolute atomic E-state index is 0.0290. The van der Waals surface area contributed by atoms with Gasteiger partial charge in [0.2, 0.25) is 5.91 Å². The molecule has 0 saturated carbocycles. The lowest BCUT2D eigenvalue weighted by atomic mass is 10.0. The summed E-state index contributed by atoms with van der Waals surface area (Å²) in [5.74, 6) is -0.552. The van der Waals surface area contributed by atoms with Gasteiger partial charge in [-0.15, -0.1) is 0 Å². The third-order valence-electron chi connectivity index (χ3n) is 12.3. The maximum absolute atomic E-state index is 13.5. The van der Waals surface area contributed by atoms with Crippen LogP contribution in [-0.4, -0.2) is 74.3 Å². The largest absolute Gasteiger partial charge is 0.472 e. The summed E-state index contributed by atoms with van der Waals surface area (Å²) in [6.45, 7) is 6.81. The van der Waals surface area contributed by atoms with E-state index in [0.29, 0.717) is 23.9 Å². The van der Waals surface area contributed by atoms with Gasteiger partial charge in [-0.05, 0) is 102 Å². The molecule has 0 heterocycles. The van der Waals surface area contributed by atoms with Crippen LogP contribution in [0.3, 0.4) is 0 Å². The quantitative estimate of drug-likeness (QED) is 0.0205. The second-order valence-electron chi connectivity index (χ2n) is 20.4. The topological polar surface area (TPSA) is 111 Å². The van der Waals surface area contributed by atoms with Crippen LogP contribution in [0.4, 0.5) is 0 Å². The van der Waals surface area contributed by atoms with Crippen LogP contribution in [0.25, 0.3) is 0 Å². The standard InChI is InChI=1S/C62H109N2O7P/c1-7-10-13-16-19-22-25-27-28-29-30-31-32-33-34-35-36-37-40-42-45-48-51-54-61(65)63-59(58-70-72(67,68)69-57-56-64(4,5)6)60(53-50-47-44-41-39-26-23-20-17-14-11-8-2)71-62(66)55-52-49-46-43-38-24-21-18-15-12-9-3/h10,13,18-19,21-22,27-28,30-31,33-34,36-37,50,53,59-60H,7-9,11-12,14-17,20,23-26,29,32,35,38-49,51-52,54-58H2,1-6H3,(H-,63,65,67,68)/p+1/b13-10-,21-18-,22-19-,28-27-,31-30-,34-33-,37-36-,53-50-. The molecule has 0 aliphatic heterocycles. The minimum atomic E-state index is -4.46. The van der Waals surface area contributed by atoms with Gasteiger partial charge < -0.3 is 19.4 Å². The van der Waals surface area contributed by atoms with Crippen molar-refractivity contribution < 1.29 is 37.3 Å². The number of quaternary nitrogens is 1. The number of hydrogen-bond donors (Lipinski definition) is 2. The summed E-state index contributed by atoms with van der Waals surface area (Å²) in [6.07, 6.45) is 68.3. The number of phosphoric acid groups is 1. The first-order chi connectivity index (χ1) is 34.9. The number of phosphoric ester groups is 1. The van der Waals surface area contributed by atoms with E-state index >= 15 is 0 Å². The van der Waals surface area contributed by atoms with Gasteiger partial charge in [-0.2, -0.15) is 0 Å². The molecule has 3 atom stereocenters. The molecule has 0 aromatic rings. The van der Waals surface area contributed by atoms with Crippen molar-refractivity contribution in [3.05, 3.63) is 97.2 Å². The Morgan fingerprint density at radius 2 is 0.903 bits per heavy atom. The van der Waals surface area contributed by atoms with E-state index in [4.69, 9.17) is 13.8 Å². The number of rotatable bonds is 51. The predicted molar refractivity (Wildman–Crippen MR) is 309 cm³/mol. The van der Waals surface area contributed by atoms with Gasteiger partial charge in [-0.25, -0.2) is 4.57 Å². The van der Waals surface area contributed by atoms with Crippen molar-refractivity contribution in [3.8, 4) is 0 Å². The number of esters is 1. The predicted octanol–water partition coefficient (Wildman–Crippen LogP) is 17.6. The number of carbonyl (C=O) groups excluding carboxylic acids is 2. The van der Waals surface area contributed by atoms with Crippen LogP contribution < -0.4 is 5.32 Å². The van der Waals surface area contributed by atoms with E-state index in [1.54, 1.807) is 0 Å². The second-order valence-corrected chi connectivity index (χ2v) is 21.9. The fraction of sp³-hybridized carbons (Fsp3) is 0.710. The zero-order valence-corrected chi connectivity index (χ0v) is 48.0. The second kappa shape index (κ2) is 51.4. The van der Waals surface area contributed by atoms with Gasteiger partial charge in [-0.3, -0.25) is 18.6 Å².